The van der Waals surface area contributed by atoms with Crippen molar-refractivity contribution in [1.29, 1.82) is 0 Å². The second kappa shape index (κ2) is 8.71. The number of para-hydroxylation sites is 1. The molecular formula is C21H22N4O3S3. The summed E-state index contributed by atoms with van der Waals surface area (Å²) in [7, 11) is -3.69. The third-order valence-corrected chi connectivity index (χ3v) is 9.32. The fourth-order valence-electron chi connectivity index (χ4n) is 3.77. The summed E-state index contributed by atoms with van der Waals surface area (Å²) in [4.78, 5) is 10.0. The summed E-state index contributed by atoms with van der Waals surface area (Å²) in [6.07, 6.45) is 1.77. The smallest absolute Gasteiger partial charge is 0.273 e. The zero-order valence-electron chi connectivity index (χ0n) is 16.7. The van der Waals surface area contributed by atoms with E-state index in [0.29, 0.717) is 36.2 Å². The van der Waals surface area contributed by atoms with Crippen LogP contribution in [0.25, 0.3) is 21.6 Å². The summed E-state index contributed by atoms with van der Waals surface area (Å²) < 4.78 is 34.5. The maximum Gasteiger partial charge on any atom is 0.273 e. The monoisotopic (exact) mass is 474 g/mol. The van der Waals surface area contributed by atoms with Gasteiger partial charge in [-0.15, -0.1) is 22.7 Å². The molecule has 0 amide bonds. The van der Waals surface area contributed by atoms with Gasteiger partial charge in [0.05, 0.1) is 30.1 Å². The number of anilines is 1. The number of aromatic amines is 1. The second-order valence-corrected chi connectivity index (χ2v) is 11.2. The largest absolute Gasteiger partial charge is 0.379 e. The van der Waals surface area contributed by atoms with Gasteiger partial charge in [-0.3, -0.25) is 9.21 Å². The van der Waals surface area contributed by atoms with Crippen molar-refractivity contribution in [2.45, 2.75) is 4.21 Å². The third kappa shape index (κ3) is 4.13. The minimum absolute atomic E-state index is 0.346. The van der Waals surface area contributed by atoms with Gasteiger partial charge in [-0.2, -0.15) is 0 Å². The summed E-state index contributed by atoms with van der Waals surface area (Å²) >= 11 is 2.79. The molecule has 3 aromatic heterocycles. The van der Waals surface area contributed by atoms with E-state index in [9.17, 15) is 8.42 Å². The molecule has 0 radical (unpaired) electrons. The lowest BCUT2D eigenvalue weighted by atomic mass is 10.2. The number of hydrogen-bond acceptors (Lipinski definition) is 7. The van der Waals surface area contributed by atoms with E-state index in [1.54, 1.807) is 39.4 Å². The molecule has 0 unspecified atom stereocenters. The fraction of sp³-hybridized carbons (Fsp3) is 0.286. The molecule has 1 saturated heterocycles. The number of rotatable bonds is 7. The number of H-pyrrole nitrogens is 1. The van der Waals surface area contributed by atoms with Crippen LogP contribution in [0.1, 0.15) is 0 Å². The summed E-state index contributed by atoms with van der Waals surface area (Å²) in [5.74, 6) is 0. The average Bonchev–Trinajstić information content (AvgIpc) is 3.56. The van der Waals surface area contributed by atoms with E-state index >= 15 is 0 Å². The molecule has 7 nitrogen and oxygen atoms in total. The molecular weight excluding hydrogens is 452 g/mol. The number of thiazole rings is 1. The molecule has 0 saturated carbocycles. The molecule has 5 rings (SSSR count). The van der Waals surface area contributed by atoms with Crippen molar-refractivity contribution in [2.24, 2.45) is 0 Å². The molecule has 4 heterocycles. The van der Waals surface area contributed by atoms with Crippen LogP contribution in [0.5, 0.6) is 0 Å². The first kappa shape index (κ1) is 20.7. The lowest BCUT2D eigenvalue weighted by Gasteiger charge is -2.30. The summed E-state index contributed by atoms with van der Waals surface area (Å²) in [5.41, 5.74) is 2.34. The van der Waals surface area contributed by atoms with Crippen molar-refractivity contribution in [2.75, 3.05) is 43.7 Å². The van der Waals surface area contributed by atoms with Gasteiger partial charge in [0.25, 0.3) is 10.0 Å². The van der Waals surface area contributed by atoms with E-state index in [0.717, 1.165) is 34.7 Å². The Morgan fingerprint density at radius 1 is 1.13 bits per heavy atom. The Labute approximate surface area is 189 Å². The Bertz CT molecular complexity index is 1240. The molecule has 0 bridgehead atoms. The summed E-state index contributed by atoms with van der Waals surface area (Å²) in [6.45, 7) is 4.00. The van der Waals surface area contributed by atoms with Gasteiger partial charge >= 0.3 is 0 Å². The highest BCUT2D eigenvalue weighted by Crippen LogP contribution is 2.34. The average molecular weight is 475 g/mol. The van der Waals surface area contributed by atoms with E-state index in [2.05, 4.69) is 14.9 Å². The molecule has 10 heteroatoms. The van der Waals surface area contributed by atoms with Gasteiger partial charge in [0.1, 0.15) is 9.22 Å². The molecule has 1 N–H and O–H groups in total. The minimum Gasteiger partial charge on any atom is -0.379 e. The number of benzene rings is 1. The highest BCUT2D eigenvalue weighted by molar-refractivity contribution is 7.94. The van der Waals surface area contributed by atoms with Crippen LogP contribution in [-0.4, -0.2) is 62.7 Å². The molecule has 31 heavy (non-hydrogen) atoms. The Kier molecular flexibility index (Phi) is 5.81. The zero-order chi connectivity index (χ0) is 21.3. The minimum atomic E-state index is -3.69. The first-order chi connectivity index (χ1) is 15.1. The predicted molar refractivity (Wildman–Crippen MR) is 126 cm³/mol. The van der Waals surface area contributed by atoms with Gasteiger partial charge in [0.15, 0.2) is 0 Å². The van der Waals surface area contributed by atoms with Crippen LogP contribution in [0, 0.1) is 0 Å². The van der Waals surface area contributed by atoms with Crippen molar-refractivity contribution in [3.8, 4) is 10.7 Å². The topological polar surface area (TPSA) is 78.5 Å². The number of aromatic nitrogens is 2. The SMILES string of the molecule is O=S(=O)(c1cccs1)N(CCN1CCOCC1)c1cccc2cc(-c3nccs3)[nH]c12. The van der Waals surface area contributed by atoms with Crippen LogP contribution in [0.2, 0.25) is 0 Å². The highest BCUT2D eigenvalue weighted by atomic mass is 32.2. The standard InChI is InChI=1S/C21H22N4O3S3/c26-31(27,19-5-2-13-29-19)25(8-7-24-9-11-28-12-10-24)18-4-1-3-16-15-17(23-20(16)18)21-22-6-14-30-21/h1-6,13-15,23H,7-12H2. The van der Waals surface area contributed by atoms with Crippen LogP contribution < -0.4 is 4.31 Å². The van der Waals surface area contributed by atoms with Gasteiger partial charge in [-0.1, -0.05) is 18.2 Å². The number of sulfonamides is 1. The number of ether oxygens (including phenoxy) is 1. The van der Waals surface area contributed by atoms with Gasteiger partial charge in [0, 0.05) is 43.1 Å². The summed E-state index contributed by atoms with van der Waals surface area (Å²) in [5, 5.41) is 5.56. The molecule has 4 aromatic rings. The normalized spacial score (nSPS) is 15.5. The van der Waals surface area contributed by atoms with Crippen LogP contribution in [-0.2, 0) is 14.8 Å². The highest BCUT2D eigenvalue weighted by Gasteiger charge is 2.28. The van der Waals surface area contributed by atoms with Crippen molar-refractivity contribution >= 4 is 49.3 Å². The summed E-state index contributed by atoms with van der Waals surface area (Å²) in [6, 6.07) is 11.2. The number of hydrogen-bond donors (Lipinski definition) is 1. The molecule has 0 atom stereocenters. The molecule has 1 aliphatic heterocycles. The Morgan fingerprint density at radius 3 is 2.74 bits per heavy atom. The van der Waals surface area contributed by atoms with Crippen molar-refractivity contribution < 1.29 is 13.2 Å². The Balaban J connectivity index is 1.56. The first-order valence-electron chi connectivity index (χ1n) is 10.0. The molecule has 1 aromatic carbocycles. The maximum absolute atomic E-state index is 13.6. The Hall–Kier alpha value is -2.24. The number of nitrogens with zero attached hydrogens (tertiary/aromatic N) is 3. The van der Waals surface area contributed by atoms with E-state index in [-0.39, 0.29) is 0 Å². The van der Waals surface area contributed by atoms with Crippen LogP contribution in [0.15, 0.2) is 57.6 Å². The number of fused-ring (bicyclic) bond motifs is 1. The van der Waals surface area contributed by atoms with Crippen LogP contribution in [0.4, 0.5) is 5.69 Å². The van der Waals surface area contributed by atoms with Crippen molar-refractivity contribution in [3.05, 3.63) is 53.4 Å². The van der Waals surface area contributed by atoms with E-state index in [4.69, 9.17) is 4.74 Å². The molecule has 0 aliphatic carbocycles. The molecule has 0 spiro atoms. The second-order valence-electron chi connectivity index (χ2n) is 7.22. The number of nitrogens with one attached hydrogen (secondary N) is 1. The van der Waals surface area contributed by atoms with E-state index in [1.165, 1.54) is 11.3 Å². The van der Waals surface area contributed by atoms with E-state index < -0.39 is 10.0 Å². The Morgan fingerprint density at radius 2 is 2.00 bits per heavy atom. The first-order valence-corrected chi connectivity index (χ1v) is 13.2. The van der Waals surface area contributed by atoms with Gasteiger partial charge in [-0.05, 0) is 23.6 Å². The molecule has 1 aliphatic rings. The molecule has 1 fully saturated rings. The zero-order valence-corrected chi connectivity index (χ0v) is 19.2. The van der Waals surface area contributed by atoms with Crippen LogP contribution in [0.3, 0.4) is 0 Å². The fourth-order valence-corrected chi connectivity index (χ4v) is 6.95. The van der Waals surface area contributed by atoms with Gasteiger partial charge in [-0.25, -0.2) is 13.4 Å². The number of thiophene rings is 1. The maximum atomic E-state index is 13.6. The lowest BCUT2D eigenvalue weighted by Crippen LogP contribution is -2.43. The third-order valence-electron chi connectivity index (χ3n) is 5.33. The van der Waals surface area contributed by atoms with Crippen LogP contribution >= 0.6 is 22.7 Å². The quantitative estimate of drug-likeness (QED) is 0.440. The van der Waals surface area contributed by atoms with E-state index in [1.807, 2.05) is 29.6 Å². The van der Waals surface area contributed by atoms with Crippen molar-refractivity contribution in [1.82, 2.24) is 14.9 Å². The lowest BCUT2D eigenvalue weighted by molar-refractivity contribution is 0.0395. The molecule has 162 valence electrons. The van der Waals surface area contributed by atoms with Gasteiger partial charge in [0.2, 0.25) is 0 Å². The van der Waals surface area contributed by atoms with Gasteiger partial charge < -0.3 is 9.72 Å². The van der Waals surface area contributed by atoms with Crippen molar-refractivity contribution in [3.63, 3.8) is 0 Å². The number of morpholine rings is 1. The predicted octanol–water partition coefficient (Wildman–Crippen LogP) is 3.88.